The van der Waals surface area contributed by atoms with Crippen molar-refractivity contribution in [1.29, 1.82) is 0 Å². The SMILES string of the molecule is Cc1ccc(C(O)CNCc2cnc(N3CCCC3)nc2)cc1. The quantitative estimate of drug-likeness (QED) is 0.856. The van der Waals surface area contributed by atoms with Gasteiger partial charge in [0.2, 0.25) is 5.95 Å². The Labute approximate surface area is 137 Å². The molecule has 2 aromatic rings. The summed E-state index contributed by atoms with van der Waals surface area (Å²) in [4.78, 5) is 11.1. The molecule has 1 atom stereocenters. The molecule has 0 radical (unpaired) electrons. The molecule has 1 aromatic carbocycles. The molecule has 1 unspecified atom stereocenters. The normalized spacial score (nSPS) is 15.8. The zero-order valence-corrected chi connectivity index (χ0v) is 13.6. The van der Waals surface area contributed by atoms with E-state index in [1.807, 2.05) is 43.6 Å². The van der Waals surface area contributed by atoms with Crippen LogP contribution in [0.5, 0.6) is 0 Å². The Kier molecular flexibility index (Phi) is 5.20. The van der Waals surface area contributed by atoms with Crippen LogP contribution in [-0.2, 0) is 6.54 Å². The van der Waals surface area contributed by atoms with Crippen molar-refractivity contribution in [2.45, 2.75) is 32.4 Å². The molecule has 5 nitrogen and oxygen atoms in total. The lowest BCUT2D eigenvalue weighted by Gasteiger charge is -2.15. The van der Waals surface area contributed by atoms with Crippen molar-refractivity contribution in [3.05, 3.63) is 53.3 Å². The predicted molar refractivity (Wildman–Crippen MR) is 91.3 cm³/mol. The summed E-state index contributed by atoms with van der Waals surface area (Å²) in [6.45, 7) is 5.32. The fourth-order valence-corrected chi connectivity index (χ4v) is 2.78. The molecule has 3 rings (SSSR count). The molecule has 122 valence electrons. The number of aromatic nitrogens is 2. The van der Waals surface area contributed by atoms with Gasteiger partial charge in [-0.3, -0.25) is 0 Å². The second-order valence-corrected chi connectivity index (χ2v) is 6.14. The van der Waals surface area contributed by atoms with Gasteiger partial charge < -0.3 is 15.3 Å². The van der Waals surface area contributed by atoms with Gasteiger partial charge in [0.05, 0.1) is 6.10 Å². The first-order valence-electron chi connectivity index (χ1n) is 8.23. The number of aryl methyl sites for hydroxylation is 1. The van der Waals surface area contributed by atoms with Crippen LogP contribution in [0.4, 0.5) is 5.95 Å². The Bertz CT molecular complexity index is 606. The highest BCUT2D eigenvalue weighted by molar-refractivity contribution is 5.31. The number of hydrogen-bond donors (Lipinski definition) is 2. The molecular formula is C18H24N4O. The van der Waals surface area contributed by atoms with Gasteiger partial charge in [0, 0.05) is 44.1 Å². The van der Waals surface area contributed by atoms with Gasteiger partial charge in [-0.15, -0.1) is 0 Å². The van der Waals surface area contributed by atoms with Crippen LogP contribution in [0.15, 0.2) is 36.7 Å². The Morgan fingerprint density at radius 2 is 1.78 bits per heavy atom. The number of hydrogen-bond acceptors (Lipinski definition) is 5. The van der Waals surface area contributed by atoms with E-state index in [1.165, 1.54) is 18.4 Å². The highest BCUT2D eigenvalue weighted by atomic mass is 16.3. The van der Waals surface area contributed by atoms with E-state index in [4.69, 9.17) is 0 Å². The number of aliphatic hydroxyl groups excluding tert-OH is 1. The summed E-state index contributed by atoms with van der Waals surface area (Å²) in [6.07, 6.45) is 5.69. The van der Waals surface area contributed by atoms with Crippen molar-refractivity contribution >= 4 is 5.95 Å². The molecule has 1 fully saturated rings. The molecule has 0 aliphatic carbocycles. The van der Waals surface area contributed by atoms with Gasteiger partial charge in [0.15, 0.2) is 0 Å². The second kappa shape index (κ2) is 7.53. The number of anilines is 1. The molecule has 1 saturated heterocycles. The van der Waals surface area contributed by atoms with Gasteiger partial charge in [0.1, 0.15) is 0 Å². The molecule has 23 heavy (non-hydrogen) atoms. The summed E-state index contributed by atoms with van der Waals surface area (Å²) in [5.41, 5.74) is 3.16. The molecule has 1 aliphatic heterocycles. The van der Waals surface area contributed by atoms with Crippen LogP contribution in [0.25, 0.3) is 0 Å². The van der Waals surface area contributed by atoms with Crippen LogP contribution in [0.2, 0.25) is 0 Å². The lowest BCUT2D eigenvalue weighted by molar-refractivity contribution is 0.174. The minimum atomic E-state index is -0.500. The first-order chi connectivity index (χ1) is 11.2. The van der Waals surface area contributed by atoms with Gasteiger partial charge in [0.25, 0.3) is 0 Å². The summed E-state index contributed by atoms with van der Waals surface area (Å²) < 4.78 is 0. The van der Waals surface area contributed by atoms with E-state index < -0.39 is 6.10 Å². The zero-order chi connectivity index (χ0) is 16.1. The second-order valence-electron chi connectivity index (χ2n) is 6.14. The molecular weight excluding hydrogens is 288 g/mol. The van der Waals surface area contributed by atoms with Gasteiger partial charge in [-0.25, -0.2) is 9.97 Å². The lowest BCUT2D eigenvalue weighted by atomic mass is 10.1. The number of aliphatic hydroxyl groups is 1. The first-order valence-corrected chi connectivity index (χ1v) is 8.23. The first kappa shape index (κ1) is 15.9. The van der Waals surface area contributed by atoms with Crippen molar-refractivity contribution < 1.29 is 5.11 Å². The molecule has 1 aromatic heterocycles. The van der Waals surface area contributed by atoms with Crippen LogP contribution in [-0.4, -0.2) is 34.7 Å². The lowest BCUT2D eigenvalue weighted by Crippen LogP contribution is -2.22. The number of rotatable bonds is 6. The largest absolute Gasteiger partial charge is 0.387 e. The summed E-state index contributed by atoms with van der Waals surface area (Å²) in [5.74, 6) is 0.825. The number of nitrogens with zero attached hydrogens (tertiary/aromatic N) is 3. The maximum absolute atomic E-state index is 10.2. The van der Waals surface area contributed by atoms with E-state index in [0.717, 1.165) is 30.2 Å². The minimum absolute atomic E-state index is 0.500. The Balaban J connectivity index is 1.47. The van der Waals surface area contributed by atoms with Crippen LogP contribution in [0.1, 0.15) is 35.6 Å². The summed E-state index contributed by atoms with van der Waals surface area (Å²) >= 11 is 0. The monoisotopic (exact) mass is 312 g/mol. The van der Waals surface area contributed by atoms with E-state index in [-0.39, 0.29) is 0 Å². The molecule has 0 amide bonds. The van der Waals surface area contributed by atoms with Crippen LogP contribution < -0.4 is 10.2 Å². The Morgan fingerprint density at radius 3 is 2.43 bits per heavy atom. The fraction of sp³-hybridized carbons (Fsp3) is 0.444. The maximum Gasteiger partial charge on any atom is 0.225 e. The van der Waals surface area contributed by atoms with E-state index >= 15 is 0 Å². The zero-order valence-electron chi connectivity index (χ0n) is 13.6. The number of nitrogens with one attached hydrogen (secondary N) is 1. The van der Waals surface area contributed by atoms with Crippen molar-refractivity contribution in [2.24, 2.45) is 0 Å². The van der Waals surface area contributed by atoms with Gasteiger partial charge >= 0.3 is 0 Å². The van der Waals surface area contributed by atoms with E-state index in [2.05, 4.69) is 20.2 Å². The standard InChI is InChI=1S/C18H24N4O/c1-14-4-6-16(7-5-14)17(23)13-19-10-15-11-20-18(21-12-15)22-8-2-3-9-22/h4-7,11-12,17,19,23H,2-3,8-10,13H2,1H3. The highest BCUT2D eigenvalue weighted by Gasteiger charge is 2.14. The van der Waals surface area contributed by atoms with Gasteiger partial charge in [-0.1, -0.05) is 29.8 Å². The van der Waals surface area contributed by atoms with E-state index in [0.29, 0.717) is 13.1 Å². The van der Waals surface area contributed by atoms with Crippen molar-refractivity contribution in [3.63, 3.8) is 0 Å². The van der Waals surface area contributed by atoms with Gasteiger partial charge in [-0.2, -0.15) is 0 Å². The van der Waals surface area contributed by atoms with Crippen LogP contribution >= 0.6 is 0 Å². The fourth-order valence-electron chi connectivity index (χ4n) is 2.78. The molecule has 0 saturated carbocycles. The van der Waals surface area contributed by atoms with Gasteiger partial charge in [-0.05, 0) is 25.3 Å². The summed E-state index contributed by atoms with van der Waals surface area (Å²) in [5, 5.41) is 13.4. The smallest absolute Gasteiger partial charge is 0.225 e. The van der Waals surface area contributed by atoms with Crippen LogP contribution in [0.3, 0.4) is 0 Å². The van der Waals surface area contributed by atoms with Crippen LogP contribution in [0, 0.1) is 6.92 Å². The minimum Gasteiger partial charge on any atom is -0.387 e. The molecule has 2 N–H and O–H groups in total. The highest BCUT2D eigenvalue weighted by Crippen LogP contribution is 2.15. The summed E-state index contributed by atoms with van der Waals surface area (Å²) in [6, 6.07) is 7.97. The molecule has 1 aliphatic rings. The molecule has 0 spiro atoms. The van der Waals surface area contributed by atoms with Crippen molar-refractivity contribution in [2.75, 3.05) is 24.5 Å². The third-order valence-corrected chi connectivity index (χ3v) is 4.21. The topological polar surface area (TPSA) is 61.3 Å². The third kappa shape index (κ3) is 4.27. The van der Waals surface area contributed by atoms with E-state index in [1.54, 1.807) is 0 Å². The number of benzene rings is 1. The third-order valence-electron chi connectivity index (χ3n) is 4.21. The van der Waals surface area contributed by atoms with Crippen molar-refractivity contribution in [3.8, 4) is 0 Å². The average molecular weight is 312 g/mol. The molecule has 5 heteroatoms. The maximum atomic E-state index is 10.2. The Hall–Kier alpha value is -1.98. The summed E-state index contributed by atoms with van der Waals surface area (Å²) in [7, 11) is 0. The van der Waals surface area contributed by atoms with Crippen molar-refractivity contribution in [1.82, 2.24) is 15.3 Å². The predicted octanol–water partition coefficient (Wildman–Crippen LogP) is 2.21. The average Bonchev–Trinajstić information content (AvgIpc) is 3.10. The Morgan fingerprint density at radius 1 is 1.13 bits per heavy atom. The molecule has 0 bridgehead atoms. The van der Waals surface area contributed by atoms with E-state index in [9.17, 15) is 5.11 Å². The molecule has 2 heterocycles.